The quantitative estimate of drug-likeness (QED) is 0.748. The Labute approximate surface area is 146 Å². The number of hydrogen-bond donors (Lipinski definition) is 2. The number of aryl methyl sites for hydroxylation is 2. The number of benzene rings is 1. The van der Waals surface area contributed by atoms with Gasteiger partial charge in [0.05, 0.1) is 12.4 Å². The molecule has 0 saturated heterocycles. The number of carbonyl (C=O) groups is 1. The number of carbonyl (C=O) groups excluding carboxylic acids is 1. The van der Waals surface area contributed by atoms with Gasteiger partial charge in [-0.2, -0.15) is 0 Å². The van der Waals surface area contributed by atoms with E-state index < -0.39 is 0 Å². The van der Waals surface area contributed by atoms with Gasteiger partial charge < -0.3 is 10.6 Å². The fourth-order valence-electron chi connectivity index (χ4n) is 2.42. The minimum absolute atomic E-state index is 0.273. The van der Waals surface area contributed by atoms with Crippen molar-refractivity contribution in [3.63, 3.8) is 0 Å². The predicted octanol–water partition coefficient (Wildman–Crippen LogP) is 3.35. The van der Waals surface area contributed by atoms with Crippen LogP contribution in [0.15, 0.2) is 55.1 Å². The molecular formula is C19H19N5O. The van der Waals surface area contributed by atoms with Gasteiger partial charge in [-0.15, -0.1) is 0 Å². The number of pyridine rings is 1. The van der Waals surface area contributed by atoms with Gasteiger partial charge in [0.2, 0.25) is 0 Å². The SMILES string of the molecule is Cc1cccc(C)c1NC(=O)c1cnc(NCc2cccnc2)cn1. The molecule has 0 aliphatic carbocycles. The Kier molecular flexibility index (Phi) is 4.99. The van der Waals surface area contributed by atoms with Crippen molar-refractivity contribution in [1.82, 2.24) is 15.0 Å². The lowest BCUT2D eigenvalue weighted by molar-refractivity contribution is 0.102. The zero-order valence-corrected chi connectivity index (χ0v) is 14.2. The molecule has 3 aromatic rings. The van der Waals surface area contributed by atoms with Crippen molar-refractivity contribution in [1.29, 1.82) is 0 Å². The van der Waals surface area contributed by atoms with Gasteiger partial charge >= 0.3 is 0 Å². The summed E-state index contributed by atoms with van der Waals surface area (Å²) in [4.78, 5) is 24.9. The maximum absolute atomic E-state index is 12.4. The molecule has 0 fully saturated rings. The van der Waals surface area contributed by atoms with Crippen LogP contribution in [-0.2, 0) is 6.54 Å². The molecule has 0 saturated carbocycles. The molecule has 2 heterocycles. The zero-order valence-electron chi connectivity index (χ0n) is 14.2. The van der Waals surface area contributed by atoms with Gasteiger partial charge in [0.15, 0.2) is 0 Å². The van der Waals surface area contributed by atoms with Gasteiger partial charge in [-0.05, 0) is 36.6 Å². The second-order valence-electron chi connectivity index (χ2n) is 5.72. The number of amides is 1. The first kappa shape index (κ1) is 16.6. The molecule has 2 aromatic heterocycles. The largest absolute Gasteiger partial charge is 0.365 e. The summed E-state index contributed by atoms with van der Waals surface area (Å²) in [6.45, 7) is 4.51. The smallest absolute Gasteiger partial charge is 0.275 e. The Morgan fingerprint density at radius 1 is 1.00 bits per heavy atom. The highest BCUT2D eigenvalue weighted by atomic mass is 16.1. The Morgan fingerprint density at radius 2 is 1.80 bits per heavy atom. The van der Waals surface area contributed by atoms with Crippen LogP contribution < -0.4 is 10.6 Å². The van der Waals surface area contributed by atoms with Crippen molar-refractivity contribution in [2.75, 3.05) is 10.6 Å². The third kappa shape index (κ3) is 4.17. The molecule has 0 aliphatic rings. The predicted molar refractivity (Wildman–Crippen MR) is 97.5 cm³/mol. The molecule has 2 N–H and O–H groups in total. The van der Waals surface area contributed by atoms with Gasteiger partial charge in [0.1, 0.15) is 11.5 Å². The maximum atomic E-state index is 12.4. The summed E-state index contributed by atoms with van der Waals surface area (Å²) in [5.74, 6) is 0.330. The lowest BCUT2D eigenvalue weighted by Crippen LogP contribution is -2.16. The molecule has 25 heavy (non-hydrogen) atoms. The van der Waals surface area contributed by atoms with Crippen LogP contribution in [0.3, 0.4) is 0 Å². The molecule has 6 nitrogen and oxygen atoms in total. The van der Waals surface area contributed by atoms with Crippen LogP contribution in [0.4, 0.5) is 11.5 Å². The molecule has 0 unspecified atom stereocenters. The van der Waals surface area contributed by atoms with Crippen LogP contribution in [0.25, 0.3) is 0 Å². The Morgan fingerprint density at radius 3 is 2.44 bits per heavy atom. The number of rotatable bonds is 5. The summed E-state index contributed by atoms with van der Waals surface area (Å²) in [6.07, 6.45) is 6.53. The van der Waals surface area contributed by atoms with Crippen LogP contribution in [0.1, 0.15) is 27.2 Å². The first-order chi connectivity index (χ1) is 12.1. The van der Waals surface area contributed by atoms with Crippen molar-refractivity contribution >= 4 is 17.4 Å². The molecule has 126 valence electrons. The van der Waals surface area contributed by atoms with E-state index >= 15 is 0 Å². The maximum Gasteiger partial charge on any atom is 0.275 e. The van der Waals surface area contributed by atoms with Crippen molar-refractivity contribution in [2.24, 2.45) is 0 Å². The van der Waals surface area contributed by atoms with Gasteiger partial charge in [-0.25, -0.2) is 9.97 Å². The number of hydrogen-bond acceptors (Lipinski definition) is 5. The highest BCUT2D eigenvalue weighted by Gasteiger charge is 2.11. The van der Waals surface area contributed by atoms with E-state index in [1.807, 2.05) is 44.2 Å². The normalized spacial score (nSPS) is 10.3. The Hall–Kier alpha value is -3.28. The van der Waals surface area contributed by atoms with E-state index in [0.717, 1.165) is 22.4 Å². The Balaban J connectivity index is 1.64. The minimum Gasteiger partial charge on any atom is -0.365 e. The molecule has 0 atom stereocenters. The van der Waals surface area contributed by atoms with E-state index in [0.29, 0.717) is 12.4 Å². The molecular weight excluding hydrogens is 314 g/mol. The molecule has 3 rings (SSSR count). The number of para-hydroxylation sites is 1. The number of aromatic nitrogens is 3. The van der Waals surface area contributed by atoms with Crippen LogP contribution >= 0.6 is 0 Å². The van der Waals surface area contributed by atoms with E-state index in [4.69, 9.17) is 0 Å². The second kappa shape index (κ2) is 7.53. The Bertz CT molecular complexity index is 842. The molecule has 0 aliphatic heterocycles. The van der Waals surface area contributed by atoms with E-state index in [2.05, 4.69) is 25.6 Å². The van der Waals surface area contributed by atoms with Crippen molar-refractivity contribution in [3.8, 4) is 0 Å². The highest BCUT2D eigenvalue weighted by Crippen LogP contribution is 2.20. The summed E-state index contributed by atoms with van der Waals surface area (Å²) in [5.41, 5.74) is 4.15. The molecule has 6 heteroatoms. The summed E-state index contributed by atoms with van der Waals surface area (Å²) in [7, 11) is 0. The van der Waals surface area contributed by atoms with E-state index in [9.17, 15) is 4.79 Å². The third-order valence-corrected chi connectivity index (χ3v) is 3.80. The fourth-order valence-corrected chi connectivity index (χ4v) is 2.42. The first-order valence-corrected chi connectivity index (χ1v) is 7.96. The number of anilines is 2. The van der Waals surface area contributed by atoms with Crippen molar-refractivity contribution in [2.45, 2.75) is 20.4 Å². The molecule has 0 radical (unpaired) electrons. The summed E-state index contributed by atoms with van der Waals surface area (Å²) >= 11 is 0. The first-order valence-electron chi connectivity index (χ1n) is 7.96. The molecule has 1 amide bonds. The topological polar surface area (TPSA) is 79.8 Å². The van der Waals surface area contributed by atoms with Crippen molar-refractivity contribution in [3.05, 3.63) is 77.5 Å². The van der Waals surface area contributed by atoms with E-state index in [1.54, 1.807) is 18.6 Å². The summed E-state index contributed by atoms with van der Waals surface area (Å²) in [5, 5.41) is 6.05. The van der Waals surface area contributed by atoms with E-state index in [-0.39, 0.29) is 11.6 Å². The molecule has 0 spiro atoms. The monoisotopic (exact) mass is 333 g/mol. The van der Waals surface area contributed by atoms with Gasteiger partial charge in [-0.1, -0.05) is 24.3 Å². The third-order valence-electron chi connectivity index (χ3n) is 3.80. The van der Waals surface area contributed by atoms with E-state index in [1.165, 1.54) is 6.20 Å². The average Bonchev–Trinajstić information content (AvgIpc) is 2.64. The molecule has 0 bridgehead atoms. The minimum atomic E-state index is -0.274. The van der Waals surface area contributed by atoms with Crippen LogP contribution in [-0.4, -0.2) is 20.9 Å². The second-order valence-corrected chi connectivity index (χ2v) is 5.72. The standard InChI is InChI=1S/C19H19N5O/c1-13-5-3-6-14(2)18(13)24-19(25)16-11-23-17(12-21-16)22-10-15-7-4-8-20-9-15/h3-9,11-12H,10H2,1-2H3,(H,22,23)(H,24,25). The van der Waals surface area contributed by atoms with Gasteiger partial charge in [0, 0.05) is 24.6 Å². The van der Waals surface area contributed by atoms with Gasteiger partial charge in [0.25, 0.3) is 5.91 Å². The van der Waals surface area contributed by atoms with Crippen LogP contribution in [0.5, 0.6) is 0 Å². The summed E-state index contributed by atoms with van der Waals surface area (Å²) in [6, 6.07) is 9.73. The summed E-state index contributed by atoms with van der Waals surface area (Å²) < 4.78 is 0. The fraction of sp³-hybridized carbons (Fsp3) is 0.158. The lowest BCUT2D eigenvalue weighted by Gasteiger charge is -2.11. The zero-order chi connectivity index (χ0) is 17.6. The van der Waals surface area contributed by atoms with Crippen molar-refractivity contribution < 1.29 is 4.79 Å². The molecule has 1 aromatic carbocycles. The van der Waals surface area contributed by atoms with Crippen LogP contribution in [0, 0.1) is 13.8 Å². The van der Waals surface area contributed by atoms with Gasteiger partial charge in [-0.3, -0.25) is 9.78 Å². The highest BCUT2D eigenvalue weighted by molar-refractivity contribution is 6.03. The number of nitrogens with one attached hydrogen (secondary N) is 2. The lowest BCUT2D eigenvalue weighted by atomic mass is 10.1. The number of nitrogens with zero attached hydrogens (tertiary/aromatic N) is 3. The van der Waals surface area contributed by atoms with Crippen LogP contribution in [0.2, 0.25) is 0 Å². The average molecular weight is 333 g/mol.